The molecule has 0 aromatic carbocycles. The molecule has 1 saturated carbocycles. The van der Waals surface area contributed by atoms with Crippen LogP contribution < -0.4 is 22.1 Å². The molecule has 40 heavy (non-hydrogen) atoms. The zero-order chi connectivity index (χ0) is 29.7. The second kappa shape index (κ2) is 14.1. The maximum Gasteiger partial charge on any atom is 0.294 e. The van der Waals surface area contributed by atoms with Gasteiger partial charge < -0.3 is 66.6 Å². The Kier molecular flexibility index (Phi) is 11.6. The standard InChI is InChI=1S/C24H42F2N4O10/c1-23(36)8-15(32)22(37-11-23)40-19-14(30-21(35)20(34)24(25,26)10-27)7-13(28)18(17(19)33)39-16-4-2-3-12(38-16)9-29-5-6-31/h3,13-20,22,29,31-34,36H,2,4-11,27-28H2,1H3,(H,30,35)/t13?,14?,15?,16-,17?,18-,19+,20?,22?,23-/m1/s1. The number of hydrogen-bond acceptors (Lipinski definition) is 13. The van der Waals surface area contributed by atoms with Crippen molar-refractivity contribution in [3.63, 3.8) is 0 Å². The van der Waals surface area contributed by atoms with Crippen molar-refractivity contribution >= 4 is 5.91 Å². The van der Waals surface area contributed by atoms with Crippen LogP contribution in [0.25, 0.3) is 0 Å². The fourth-order valence-electron chi connectivity index (χ4n) is 4.90. The van der Waals surface area contributed by atoms with E-state index in [0.29, 0.717) is 31.7 Å². The maximum absolute atomic E-state index is 13.9. The Balaban J connectivity index is 1.75. The van der Waals surface area contributed by atoms with Crippen LogP contribution in [0.15, 0.2) is 11.8 Å². The van der Waals surface area contributed by atoms with Gasteiger partial charge in [-0.05, 0) is 25.8 Å². The first-order valence-electron chi connectivity index (χ1n) is 13.3. The van der Waals surface area contributed by atoms with Gasteiger partial charge in [-0.1, -0.05) is 0 Å². The van der Waals surface area contributed by atoms with Crippen molar-refractivity contribution < 1.29 is 58.1 Å². The van der Waals surface area contributed by atoms with E-state index in [2.05, 4.69) is 10.6 Å². The average Bonchev–Trinajstić information content (AvgIpc) is 2.89. The number of allylic oxidation sites excluding steroid dienone is 1. The summed E-state index contributed by atoms with van der Waals surface area (Å²) >= 11 is 0. The van der Waals surface area contributed by atoms with E-state index in [9.17, 15) is 34.0 Å². The lowest BCUT2D eigenvalue weighted by molar-refractivity contribution is -0.297. The molecule has 14 nitrogen and oxygen atoms in total. The Morgan fingerprint density at radius 3 is 2.70 bits per heavy atom. The Bertz CT molecular complexity index is 870. The maximum atomic E-state index is 13.9. The highest BCUT2D eigenvalue weighted by Gasteiger charge is 2.50. The van der Waals surface area contributed by atoms with Gasteiger partial charge in [0.1, 0.15) is 30.2 Å². The number of alkyl halides is 2. The monoisotopic (exact) mass is 584 g/mol. The van der Waals surface area contributed by atoms with Gasteiger partial charge in [-0.2, -0.15) is 0 Å². The normalized spacial score (nSPS) is 37.8. The zero-order valence-electron chi connectivity index (χ0n) is 22.3. The molecule has 0 aromatic rings. The lowest BCUT2D eigenvalue weighted by atomic mass is 9.83. The number of carbonyl (C=O) groups excluding carboxylic acids is 1. The first-order chi connectivity index (χ1) is 18.8. The van der Waals surface area contributed by atoms with E-state index in [0.717, 1.165) is 0 Å². The smallest absolute Gasteiger partial charge is 0.294 e. The van der Waals surface area contributed by atoms with E-state index < -0.39 is 79.2 Å². The molecule has 1 aliphatic carbocycles. The topological polar surface area (TPSA) is 231 Å². The van der Waals surface area contributed by atoms with Gasteiger partial charge in [0.05, 0.1) is 37.9 Å². The number of amides is 1. The molecule has 11 N–H and O–H groups in total. The lowest BCUT2D eigenvalue weighted by Gasteiger charge is -2.47. The van der Waals surface area contributed by atoms with E-state index in [1.165, 1.54) is 6.92 Å². The SMILES string of the molecule is C[C@]1(O)COC(O[C@H]2C(NC(=O)C(O)C(F)(F)CN)CC(N)[C@@H](O[C@@H]3CCC=C(CNCCO)O3)C2O)C(O)C1. The number of hydrogen-bond donors (Lipinski definition) is 9. The fraction of sp³-hybridized carbons (Fsp3) is 0.875. The molecule has 16 heteroatoms. The molecule has 3 rings (SSSR count). The number of aliphatic hydroxyl groups is 5. The summed E-state index contributed by atoms with van der Waals surface area (Å²) < 4.78 is 50.9. The largest absolute Gasteiger partial charge is 0.468 e. The summed E-state index contributed by atoms with van der Waals surface area (Å²) in [5.74, 6) is -4.80. The molecule has 0 spiro atoms. The first kappa shape index (κ1) is 32.9. The number of nitrogens with one attached hydrogen (secondary N) is 2. The molecule has 3 aliphatic rings. The van der Waals surface area contributed by atoms with E-state index in [4.69, 9.17) is 35.5 Å². The van der Waals surface area contributed by atoms with E-state index in [1.807, 2.05) is 6.08 Å². The molecule has 6 unspecified atom stereocenters. The first-order valence-corrected chi connectivity index (χ1v) is 13.3. The van der Waals surface area contributed by atoms with Crippen LogP contribution in [-0.4, -0.2) is 131 Å². The molecular formula is C24H42F2N4O10. The van der Waals surface area contributed by atoms with Crippen LogP contribution in [0.3, 0.4) is 0 Å². The van der Waals surface area contributed by atoms with Crippen molar-refractivity contribution in [3.8, 4) is 0 Å². The van der Waals surface area contributed by atoms with Crippen LogP contribution in [0.2, 0.25) is 0 Å². The summed E-state index contributed by atoms with van der Waals surface area (Å²) in [5, 5.41) is 56.0. The number of rotatable bonds is 12. The van der Waals surface area contributed by atoms with Gasteiger partial charge in [-0.15, -0.1) is 0 Å². The average molecular weight is 585 g/mol. The quantitative estimate of drug-likeness (QED) is 0.103. The van der Waals surface area contributed by atoms with Gasteiger partial charge in [0, 0.05) is 25.4 Å². The van der Waals surface area contributed by atoms with Crippen molar-refractivity contribution in [2.45, 2.75) is 99.3 Å². The van der Waals surface area contributed by atoms with Crippen LogP contribution in [-0.2, 0) is 23.7 Å². The zero-order valence-corrected chi connectivity index (χ0v) is 22.3. The Morgan fingerprint density at radius 2 is 2.05 bits per heavy atom. The predicted molar refractivity (Wildman–Crippen MR) is 133 cm³/mol. The number of nitrogens with two attached hydrogens (primary N) is 2. The number of ether oxygens (including phenoxy) is 4. The predicted octanol–water partition coefficient (Wildman–Crippen LogP) is -3.25. The van der Waals surface area contributed by atoms with E-state index in [1.54, 1.807) is 0 Å². The second-order valence-electron chi connectivity index (χ2n) is 10.7. The van der Waals surface area contributed by atoms with E-state index in [-0.39, 0.29) is 26.1 Å². The van der Waals surface area contributed by atoms with Gasteiger partial charge in [-0.25, -0.2) is 8.78 Å². The lowest BCUT2D eigenvalue weighted by Crippen LogP contribution is -2.67. The molecule has 0 bridgehead atoms. The van der Waals surface area contributed by atoms with Crippen molar-refractivity contribution in [1.82, 2.24) is 10.6 Å². The van der Waals surface area contributed by atoms with Crippen molar-refractivity contribution in [2.24, 2.45) is 11.5 Å². The molecule has 1 amide bonds. The summed E-state index contributed by atoms with van der Waals surface area (Å²) in [4.78, 5) is 12.5. The number of carbonyl (C=O) groups is 1. The summed E-state index contributed by atoms with van der Waals surface area (Å²) in [6.45, 7) is 0.633. The number of halogens is 2. The van der Waals surface area contributed by atoms with Gasteiger partial charge in [0.25, 0.3) is 11.8 Å². The third-order valence-electron chi connectivity index (χ3n) is 7.03. The Labute approximate surface area is 230 Å². The molecular weight excluding hydrogens is 542 g/mol. The van der Waals surface area contributed by atoms with Gasteiger partial charge in [-0.3, -0.25) is 4.79 Å². The third-order valence-corrected chi connectivity index (χ3v) is 7.03. The molecule has 232 valence electrons. The highest BCUT2D eigenvalue weighted by Crippen LogP contribution is 2.32. The summed E-state index contributed by atoms with van der Waals surface area (Å²) in [5.41, 5.74) is 9.93. The van der Waals surface area contributed by atoms with Gasteiger partial charge in [0.2, 0.25) is 0 Å². The van der Waals surface area contributed by atoms with Crippen molar-refractivity contribution in [3.05, 3.63) is 11.8 Å². The second-order valence-corrected chi connectivity index (χ2v) is 10.7. The fourth-order valence-corrected chi connectivity index (χ4v) is 4.90. The molecule has 10 atom stereocenters. The summed E-state index contributed by atoms with van der Waals surface area (Å²) in [7, 11) is 0. The van der Waals surface area contributed by atoms with Crippen LogP contribution in [0, 0.1) is 0 Å². The van der Waals surface area contributed by atoms with Crippen LogP contribution >= 0.6 is 0 Å². The van der Waals surface area contributed by atoms with Crippen LogP contribution in [0.5, 0.6) is 0 Å². The Hall–Kier alpha value is -1.57. The molecule has 2 heterocycles. The summed E-state index contributed by atoms with van der Waals surface area (Å²) in [6, 6.07) is -2.14. The van der Waals surface area contributed by atoms with Gasteiger partial charge >= 0.3 is 0 Å². The minimum absolute atomic E-state index is 0.0483. The third kappa shape index (κ3) is 8.48. The minimum Gasteiger partial charge on any atom is -0.468 e. The Morgan fingerprint density at radius 1 is 1.32 bits per heavy atom. The molecule has 2 fully saturated rings. The highest BCUT2D eigenvalue weighted by atomic mass is 19.3. The molecule has 0 aromatic heterocycles. The number of aliphatic hydroxyl groups excluding tert-OH is 4. The molecule has 1 saturated heterocycles. The van der Waals surface area contributed by atoms with Gasteiger partial charge in [0.15, 0.2) is 18.7 Å². The summed E-state index contributed by atoms with van der Waals surface area (Å²) in [6.07, 6.45) is -7.65. The molecule has 0 radical (unpaired) electrons. The van der Waals surface area contributed by atoms with Crippen molar-refractivity contribution in [2.75, 3.05) is 32.8 Å². The van der Waals surface area contributed by atoms with Crippen LogP contribution in [0.1, 0.15) is 32.6 Å². The van der Waals surface area contributed by atoms with Crippen LogP contribution in [0.4, 0.5) is 8.78 Å². The minimum atomic E-state index is -3.91. The van der Waals surface area contributed by atoms with Crippen molar-refractivity contribution in [1.29, 1.82) is 0 Å². The molecule has 2 aliphatic heterocycles. The van der Waals surface area contributed by atoms with E-state index >= 15 is 0 Å². The highest BCUT2D eigenvalue weighted by molar-refractivity contribution is 5.82.